The molecule has 0 aliphatic carbocycles. The van der Waals surface area contributed by atoms with Crippen molar-refractivity contribution < 1.29 is 0 Å². The van der Waals surface area contributed by atoms with Crippen LogP contribution in [0.4, 0.5) is 17.1 Å². The fraction of sp³-hybridized carbons (Fsp3) is 0. The van der Waals surface area contributed by atoms with Crippen LogP contribution in [0, 0.1) is 0 Å². The molecule has 11 aromatic carbocycles. The Bertz CT molecular complexity index is 3320. The van der Waals surface area contributed by atoms with E-state index in [0.29, 0.717) is 0 Å². The molecule has 0 aliphatic heterocycles. The summed E-state index contributed by atoms with van der Waals surface area (Å²) in [4.78, 5) is 2.55. The number of fused-ring (bicyclic) bond motifs is 3. The Labute approximate surface area is 369 Å². The van der Waals surface area contributed by atoms with Crippen molar-refractivity contribution in [1.29, 1.82) is 0 Å². The zero-order valence-corrected chi connectivity index (χ0v) is 34.8. The molecule has 1 nitrogen and oxygen atoms in total. The van der Waals surface area contributed by atoms with Crippen molar-refractivity contribution in [2.75, 3.05) is 4.90 Å². The lowest BCUT2D eigenvalue weighted by atomic mass is 9.88. The van der Waals surface area contributed by atoms with Gasteiger partial charge in [0.25, 0.3) is 0 Å². The van der Waals surface area contributed by atoms with Gasteiger partial charge in [-0.2, -0.15) is 0 Å². The van der Waals surface area contributed by atoms with Crippen LogP contribution in [0.2, 0.25) is 0 Å². The normalized spacial score (nSPS) is 11.2. The summed E-state index contributed by atoms with van der Waals surface area (Å²) in [5.41, 5.74) is 17.4. The molecule has 63 heavy (non-hydrogen) atoms. The highest BCUT2D eigenvalue weighted by atomic mass is 15.1. The molecule has 0 heterocycles. The fourth-order valence-corrected chi connectivity index (χ4v) is 9.26. The Morgan fingerprint density at radius 1 is 0.222 bits per heavy atom. The molecule has 0 amide bonds. The molecular weight excluding hydrogens is 759 g/mol. The van der Waals surface area contributed by atoms with Crippen LogP contribution in [-0.4, -0.2) is 0 Å². The Hall–Kier alpha value is -8.26. The molecule has 1 heteroatoms. The predicted octanol–water partition coefficient (Wildman–Crippen LogP) is 17.5. The highest BCUT2D eigenvalue weighted by Crippen LogP contribution is 2.52. The molecule has 0 saturated carbocycles. The molecule has 0 atom stereocenters. The van der Waals surface area contributed by atoms with Gasteiger partial charge in [0.1, 0.15) is 0 Å². The van der Waals surface area contributed by atoms with Crippen LogP contribution in [0.25, 0.3) is 88.3 Å². The van der Waals surface area contributed by atoms with Crippen LogP contribution in [0.5, 0.6) is 0 Å². The summed E-state index contributed by atoms with van der Waals surface area (Å²) in [6, 6.07) is 95.0. The van der Waals surface area contributed by atoms with E-state index in [9.17, 15) is 0 Å². The highest BCUT2D eigenvalue weighted by Gasteiger charge is 2.26. The van der Waals surface area contributed by atoms with E-state index in [1.807, 2.05) is 0 Å². The minimum atomic E-state index is 1.08. The largest absolute Gasteiger partial charge is 0.309 e. The molecule has 0 radical (unpaired) electrons. The van der Waals surface area contributed by atoms with Gasteiger partial charge in [0, 0.05) is 22.2 Å². The molecule has 0 spiro atoms. The lowest BCUT2D eigenvalue weighted by Crippen LogP contribution is -2.14. The standard InChI is InChI=1S/C62H43N/c1-5-21-44(22-6-1)48-29-19-30-49(39-48)50-31-20-32-51(40-50)61-58-36-15-13-34-56(58)57-35-14-16-37-59(57)62(61)63(60-38-18-17-33-55(60)47-27-11-4-12-28-47)54-42-52(45-23-7-2-8-24-45)41-53(43-54)46-25-9-3-10-26-46/h1-43H. The minimum Gasteiger partial charge on any atom is -0.309 e. The number of para-hydroxylation sites is 1. The second kappa shape index (κ2) is 16.7. The number of hydrogen-bond donors (Lipinski definition) is 0. The number of anilines is 3. The van der Waals surface area contributed by atoms with Gasteiger partial charge in [0.2, 0.25) is 0 Å². The Kier molecular flexibility index (Phi) is 9.97. The van der Waals surface area contributed by atoms with Crippen LogP contribution in [0.15, 0.2) is 261 Å². The summed E-state index contributed by atoms with van der Waals surface area (Å²) in [6.45, 7) is 0. The van der Waals surface area contributed by atoms with Gasteiger partial charge in [-0.1, -0.05) is 224 Å². The first-order valence-corrected chi connectivity index (χ1v) is 21.7. The van der Waals surface area contributed by atoms with Gasteiger partial charge in [0.15, 0.2) is 0 Å². The van der Waals surface area contributed by atoms with Crippen molar-refractivity contribution in [3.63, 3.8) is 0 Å². The van der Waals surface area contributed by atoms with Crippen molar-refractivity contribution >= 4 is 38.6 Å². The number of rotatable bonds is 9. The lowest BCUT2D eigenvalue weighted by molar-refractivity contribution is 1.30. The number of hydrogen-bond acceptors (Lipinski definition) is 1. The van der Waals surface area contributed by atoms with E-state index in [-0.39, 0.29) is 0 Å². The van der Waals surface area contributed by atoms with Gasteiger partial charge >= 0.3 is 0 Å². The van der Waals surface area contributed by atoms with Gasteiger partial charge < -0.3 is 4.90 Å². The summed E-state index contributed by atoms with van der Waals surface area (Å²) in [5, 5.41) is 4.81. The SMILES string of the molecule is c1ccc(-c2cccc(-c3cccc(-c4c(N(c5cc(-c6ccccc6)cc(-c6ccccc6)c5)c5ccccc5-c5ccccc5)c5ccccc5c5ccccc45)c3)c2)cc1. The van der Waals surface area contributed by atoms with Crippen LogP contribution < -0.4 is 4.90 Å². The molecule has 11 rings (SSSR count). The van der Waals surface area contributed by atoms with E-state index < -0.39 is 0 Å². The zero-order chi connectivity index (χ0) is 42.0. The van der Waals surface area contributed by atoms with E-state index in [2.05, 4.69) is 266 Å². The Morgan fingerprint density at radius 2 is 0.587 bits per heavy atom. The van der Waals surface area contributed by atoms with Crippen LogP contribution in [0.1, 0.15) is 0 Å². The molecular formula is C62H43N. The first-order valence-electron chi connectivity index (χ1n) is 21.7. The van der Waals surface area contributed by atoms with E-state index in [1.54, 1.807) is 0 Å². The fourth-order valence-electron chi connectivity index (χ4n) is 9.26. The molecule has 0 fully saturated rings. The van der Waals surface area contributed by atoms with Gasteiger partial charge in [-0.25, -0.2) is 0 Å². The Balaban J connectivity index is 1.25. The molecule has 0 aromatic heterocycles. The second-order valence-corrected chi connectivity index (χ2v) is 16.1. The average molecular weight is 802 g/mol. The van der Waals surface area contributed by atoms with Crippen LogP contribution >= 0.6 is 0 Å². The summed E-state index contributed by atoms with van der Waals surface area (Å²) in [6.07, 6.45) is 0. The molecule has 0 bridgehead atoms. The van der Waals surface area contributed by atoms with E-state index in [0.717, 1.165) is 44.9 Å². The molecule has 11 aromatic rings. The maximum atomic E-state index is 2.55. The average Bonchev–Trinajstić information content (AvgIpc) is 3.37. The molecule has 0 saturated heterocycles. The second-order valence-electron chi connectivity index (χ2n) is 16.1. The minimum absolute atomic E-state index is 1.08. The van der Waals surface area contributed by atoms with Gasteiger partial charge in [-0.05, 0) is 108 Å². The predicted molar refractivity (Wildman–Crippen MR) is 269 cm³/mol. The maximum Gasteiger partial charge on any atom is 0.0625 e. The molecule has 296 valence electrons. The van der Waals surface area contributed by atoms with Crippen molar-refractivity contribution in [1.82, 2.24) is 0 Å². The van der Waals surface area contributed by atoms with Crippen molar-refractivity contribution in [3.05, 3.63) is 261 Å². The van der Waals surface area contributed by atoms with Crippen LogP contribution in [0.3, 0.4) is 0 Å². The smallest absolute Gasteiger partial charge is 0.0625 e. The zero-order valence-electron chi connectivity index (χ0n) is 34.8. The summed E-state index contributed by atoms with van der Waals surface area (Å²) in [5.74, 6) is 0. The first kappa shape index (κ1) is 37.7. The summed E-state index contributed by atoms with van der Waals surface area (Å²) in [7, 11) is 0. The van der Waals surface area contributed by atoms with Gasteiger partial charge in [-0.3, -0.25) is 0 Å². The maximum absolute atomic E-state index is 2.55. The first-order chi connectivity index (χ1) is 31.3. The third kappa shape index (κ3) is 7.26. The monoisotopic (exact) mass is 801 g/mol. The number of nitrogens with zero attached hydrogens (tertiary/aromatic N) is 1. The van der Waals surface area contributed by atoms with Crippen LogP contribution in [-0.2, 0) is 0 Å². The van der Waals surface area contributed by atoms with Crippen molar-refractivity contribution in [2.45, 2.75) is 0 Å². The topological polar surface area (TPSA) is 3.24 Å². The lowest BCUT2D eigenvalue weighted by Gasteiger charge is -2.33. The molecule has 0 aliphatic rings. The third-order valence-corrected chi connectivity index (χ3v) is 12.2. The Morgan fingerprint density at radius 3 is 1.16 bits per heavy atom. The quantitative estimate of drug-likeness (QED) is 0.131. The van der Waals surface area contributed by atoms with Crippen molar-refractivity contribution in [2.24, 2.45) is 0 Å². The van der Waals surface area contributed by atoms with E-state index >= 15 is 0 Å². The third-order valence-electron chi connectivity index (χ3n) is 12.2. The summed E-state index contributed by atoms with van der Waals surface area (Å²) >= 11 is 0. The van der Waals surface area contributed by atoms with Gasteiger partial charge in [-0.15, -0.1) is 0 Å². The van der Waals surface area contributed by atoms with E-state index in [4.69, 9.17) is 0 Å². The summed E-state index contributed by atoms with van der Waals surface area (Å²) < 4.78 is 0. The number of benzene rings is 11. The van der Waals surface area contributed by atoms with Crippen molar-refractivity contribution in [3.8, 4) is 66.8 Å². The highest BCUT2D eigenvalue weighted by molar-refractivity contribution is 6.23. The molecule has 0 N–H and O–H groups in total. The van der Waals surface area contributed by atoms with Gasteiger partial charge in [0.05, 0.1) is 11.4 Å². The van der Waals surface area contributed by atoms with E-state index in [1.165, 1.54) is 60.5 Å². The molecule has 0 unspecified atom stereocenters.